The topological polar surface area (TPSA) is 84.3 Å². The van der Waals surface area contributed by atoms with Crippen LogP contribution < -0.4 is 10.6 Å². The van der Waals surface area contributed by atoms with Crippen LogP contribution in [0.4, 0.5) is 16.2 Å². The van der Waals surface area contributed by atoms with E-state index >= 15 is 0 Å². The van der Waals surface area contributed by atoms with Gasteiger partial charge in [0.15, 0.2) is 0 Å². The van der Waals surface area contributed by atoms with Gasteiger partial charge in [0, 0.05) is 24.4 Å². The fourth-order valence-electron chi connectivity index (χ4n) is 3.19. The third kappa shape index (κ3) is 3.04. The van der Waals surface area contributed by atoms with E-state index in [0.717, 1.165) is 6.42 Å². The Morgan fingerprint density at radius 3 is 2.57 bits per heavy atom. The van der Waals surface area contributed by atoms with Crippen molar-refractivity contribution in [2.45, 2.75) is 12.8 Å². The molecule has 0 spiro atoms. The summed E-state index contributed by atoms with van der Waals surface area (Å²) in [7, 11) is 0. The van der Waals surface area contributed by atoms with Gasteiger partial charge >= 0.3 is 6.03 Å². The summed E-state index contributed by atoms with van der Waals surface area (Å²) in [6.45, 7) is 0.671. The summed E-state index contributed by atoms with van der Waals surface area (Å²) in [4.78, 5) is 21.9. The molecule has 2 aliphatic rings. The molecule has 0 saturated heterocycles. The molecule has 1 fully saturated rings. The van der Waals surface area contributed by atoms with Crippen molar-refractivity contribution < 1.29 is 9.72 Å². The van der Waals surface area contributed by atoms with Crippen LogP contribution in [0.3, 0.4) is 0 Å². The summed E-state index contributed by atoms with van der Waals surface area (Å²) in [6.07, 6.45) is 6.90. The highest BCUT2D eigenvalue weighted by atomic mass is 16.6. The monoisotopic (exact) mass is 287 g/mol. The number of rotatable bonds is 4. The van der Waals surface area contributed by atoms with Crippen LogP contribution in [0.15, 0.2) is 36.4 Å². The second-order valence-electron chi connectivity index (χ2n) is 5.68. The Morgan fingerprint density at radius 2 is 2.00 bits per heavy atom. The fraction of sp³-hybridized carbons (Fsp3) is 0.400. The average molecular weight is 287 g/mol. The largest absolute Gasteiger partial charge is 0.338 e. The van der Waals surface area contributed by atoms with Crippen LogP contribution in [0.25, 0.3) is 0 Å². The number of allylic oxidation sites excluding steroid dienone is 2. The van der Waals surface area contributed by atoms with Crippen molar-refractivity contribution in [3.63, 3.8) is 0 Å². The lowest BCUT2D eigenvalue weighted by molar-refractivity contribution is -0.384. The zero-order valence-electron chi connectivity index (χ0n) is 11.5. The van der Waals surface area contributed by atoms with E-state index in [-0.39, 0.29) is 11.7 Å². The summed E-state index contributed by atoms with van der Waals surface area (Å²) < 4.78 is 0. The van der Waals surface area contributed by atoms with E-state index in [4.69, 9.17) is 0 Å². The van der Waals surface area contributed by atoms with E-state index in [0.29, 0.717) is 30.0 Å². The summed E-state index contributed by atoms with van der Waals surface area (Å²) in [6, 6.07) is 5.53. The lowest BCUT2D eigenvalue weighted by Crippen LogP contribution is -2.34. The molecule has 0 radical (unpaired) electrons. The van der Waals surface area contributed by atoms with E-state index in [1.807, 2.05) is 0 Å². The molecule has 6 nitrogen and oxygen atoms in total. The summed E-state index contributed by atoms with van der Waals surface area (Å²) in [5, 5.41) is 16.1. The van der Waals surface area contributed by atoms with E-state index in [1.165, 1.54) is 30.7 Å². The second kappa shape index (κ2) is 5.55. The van der Waals surface area contributed by atoms with Crippen molar-refractivity contribution in [2.75, 3.05) is 11.9 Å². The summed E-state index contributed by atoms with van der Waals surface area (Å²) >= 11 is 0. The second-order valence-corrected chi connectivity index (χ2v) is 5.68. The molecule has 21 heavy (non-hydrogen) atoms. The van der Waals surface area contributed by atoms with Gasteiger partial charge in [0.2, 0.25) is 0 Å². The third-order valence-corrected chi connectivity index (χ3v) is 4.28. The van der Waals surface area contributed by atoms with Crippen LogP contribution in [0, 0.1) is 27.9 Å². The number of nitrogens with zero attached hydrogens (tertiary/aromatic N) is 1. The molecule has 0 aliphatic heterocycles. The van der Waals surface area contributed by atoms with Crippen LogP contribution in [-0.2, 0) is 0 Å². The molecule has 1 aromatic carbocycles. The number of hydrogen-bond donors (Lipinski definition) is 2. The normalized spacial score (nSPS) is 25.8. The number of non-ortho nitro benzene ring substituents is 1. The van der Waals surface area contributed by atoms with E-state index < -0.39 is 4.92 Å². The highest BCUT2D eigenvalue weighted by Crippen LogP contribution is 2.42. The maximum Gasteiger partial charge on any atom is 0.319 e. The average Bonchev–Trinajstić information content (AvgIpc) is 3.08. The Kier molecular flexibility index (Phi) is 3.60. The minimum Gasteiger partial charge on any atom is -0.338 e. The van der Waals surface area contributed by atoms with Gasteiger partial charge in [-0.3, -0.25) is 10.1 Å². The fourth-order valence-corrected chi connectivity index (χ4v) is 3.19. The molecular weight excluding hydrogens is 270 g/mol. The van der Waals surface area contributed by atoms with Crippen LogP contribution in [0.5, 0.6) is 0 Å². The molecule has 3 unspecified atom stereocenters. The first-order chi connectivity index (χ1) is 10.1. The van der Waals surface area contributed by atoms with Crippen LogP contribution >= 0.6 is 0 Å². The molecule has 3 rings (SSSR count). The molecule has 110 valence electrons. The van der Waals surface area contributed by atoms with Gasteiger partial charge in [0.25, 0.3) is 5.69 Å². The molecule has 0 aromatic heterocycles. The van der Waals surface area contributed by atoms with Crippen molar-refractivity contribution >= 4 is 17.4 Å². The first kappa shape index (κ1) is 13.6. The predicted octanol–water partition coefficient (Wildman–Crippen LogP) is 2.93. The molecule has 1 saturated carbocycles. The number of fused-ring (bicyclic) bond motifs is 2. The molecule has 2 amide bonds. The van der Waals surface area contributed by atoms with Gasteiger partial charge in [-0.25, -0.2) is 4.79 Å². The van der Waals surface area contributed by atoms with Gasteiger partial charge in [-0.05, 0) is 42.7 Å². The number of nitro benzene ring substituents is 1. The minimum atomic E-state index is -0.466. The Labute approximate surface area is 122 Å². The SMILES string of the molecule is O=C(NCC1CC2C=CC1C2)Nc1ccc([N+](=O)[O-])cc1. The molecule has 2 aliphatic carbocycles. The number of hydrogen-bond acceptors (Lipinski definition) is 3. The van der Waals surface area contributed by atoms with E-state index in [2.05, 4.69) is 22.8 Å². The van der Waals surface area contributed by atoms with Crippen LogP contribution in [0.1, 0.15) is 12.8 Å². The smallest absolute Gasteiger partial charge is 0.319 e. The zero-order chi connectivity index (χ0) is 14.8. The number of anilines is 1. The molecule has 6 heteroatoms. The van der Waals surface area contributed by atoms with Crippen molar-refractivity contribution in [3.8, 4) is 0 Å². The molecule has 1 aromatic rings. The predicted molar refractivity (Wildman–Crippen MR) is 79.0 cm³/mol. The number of benzene rings is 1. The van der Waals surface area contributed by atoms with Gasteiger partial charge in [-0.1, -0.05) is 12.2 Å². The zero-order valence-corrected chi connectivity index (χ0v) is 11.5. The van der Waals surface area contributed by atoms with Crippen molar-refractivity contribution in [1.82, 2.24) is 5.32 Å². The number of amides is 2. The summed E-state index contributed by atoms with van der Waals surface area (Å²) in [5.41, 5.74) is 0.556. The Balaban J connectivity index is 1.48. The standard InChI is InChI=1S/C15H17N3O3/c19-15(16-9-12-8-10-1-2-11(12)7-10)17-13-3-5-14(6-4-13)18(20)21/h1-6,10-12H,7-9H2,(H2,16,17,19). The molecular formula is C15H17N3O3. The lowest BCUT2D eigenvalue weighted by Gasteiger charge is -2.18. The summed E-state index contributed by atoms with van der Waals surface area (Å²) in [5.74, 6) is 1.83. The maximum atomic E-state index is 11.8. The minimum absolute atomic E-state index is 0.00901. The number of carbonyl (C=O) groups is 1. The van der Waals surface area contributed by atoms with Crippen LogP contribution in [-0.4, -0.2) is 17.5 Å². The Bertz CT molecular complexity index is 582. The number of urea groups is 1. The Hall–Kier alpha value is -2.37. The van der Waals surface area contributed by atoms with Crippen molar-refractivity contribution in [2.24, 2.45) is 17.8 Å². The highest BCUT2D eigenvalue weighted by molar-refractivity contribution is 5.89. The molecule has 3 atom stereocenters. The van der Waals surface area contributed by atoms with Gasteiger partial charge in [-0.2, -0.15) is 0 Å². The first-order valence-electron chi connectivity index (χ1n) is 7.09. The van der Waals surface area contributed by atoms with Crippen LogP contribution in [0.2, 0.25) is 0 Å². The van der Waals surface area contributed by atoms with E-state index in [9.17, 15) is 14.9 Å². The Morgan fingerprint density at radius 1 is 1.24 bits per heavy atom. The van der Waals surface area contributed by atoms with Gasteiger partial charge in [0.05, 0.1) is 4.92 Å². The maximum absolute atomic E-state index is 11.8. The molecule has 0 heterocycles. The molecule has 2 N–H and O–H groups in total. The number of nitrogens with one attached hydrogen (secondary N) is 2. The lowest BCUT2D eigenvalue weighted by atomic mass is 9.94. The van der Waals surface area contributed by atoms with Gasteiger partial charge < -0.3 is 10.6 Å². The van der Waals surface area contributed by atoms with Crippen molar-refractivity contribution in [1.29, 1.82) is 0 Å². The number of carbonyl (C=O) groups excluding carboxylic acids is 1. The van der Waals surface area contributed by atoms with Gasteiger partial charge in [-0.15, -0.1) is 0 Å². The van der Waals surface area contributed by atoms with Gasteiger partial charge in [0.1, 0.15) is 0 Å². The first-order valence-corrected chi connectivity index (χ1v) is 7.09. The number of nitro groups is 1. The molecule has 2 bridgehead atoms. The highest BCUT2D eigenvalue weighted by Gasteiger charge is 2.35. The van der Waals surface area contributed by atoms with E-state index in [1.54, 1.807) is 0 Å². The van der Waals surface area contributed by atoms with Crippen molar-refractivity contribution in [3.05, 3.63) is 46.5 Å². The quantitative estimate of drug-likeness (QED) is 0.507. The third-order valence-electron chi connectivity index (χ3n) is 4.28.